The van der Waals surface area contributed by atoms with Crippen LogP contribution in [0.1, 0.15) is 21.5 Å². The second kappa shape index (κ2) is 11.8. The zero-order valence-corrected chi connectivity index (χ0v) is 19.6. The largest absolute Gasteiger partial charge is 0.497 e. The fraction of sp³-hybridized carbons (Fsp3) is 0.0417. The predicted molar refractivity (Wildman–Crippen MR) is 132 cm³/mol. The van der Waals surface area contributed by atoms with E-state index in [0.717, 1.165) is 17.8 Å². The van der Waals surface area contributed by atoms with Crippen LogP contribution in [-0.2, 0) is 4.79 Å². The molecule has 178 valence electrons. The molecule has 35 heavy (non-hydrogen) atoms. The van der Waals surface area contributed by atoms with Gasteiger partial charge in [0, 0.05) is 28.8 Å². The topological polar surface area (TPSA) is 120 Å². The first-order valence-electron chi connectivity index (χ1n) is 9.87. The Morgan fingerprint density at radius 3 is 2.46 bits per heavy atom. The number of amides is 1. The molecular formula is C24H17Cl2N3O6. The summed E-state index contributed by atoms with van der Waals surface area (Å²) in [5, 5.41) is 15.4. The number of benzene rings is 3. The molecule has 3 aromatic rings. The van der Waals surface area contributed by atoms with Crippen molar-refractivity contribution in [2.45, 2.75) is 0 Å². The third-order valence-electron chi connectivity index (χ3n) is 4.49. The lowest BCUT2D eigenvalue weighted by molar-refractivity contribution is -0.384. The first-order valence-corrected chi connectivity index (χ1v) is 10.6. The molecular weight excluding hydrogens is 497 g/mol. The third-order valence-corrected chi connectivity index (χ3v) is 5.04. The maximum Gasteiger partial charge on any atom is 0.336 e. The molecule has 0 aliphatic carbocycles. The zero-order valence-electron chi connectivity index (χ0n) is 18.1. The number of ether oxygens (including phenoxy) is 2. The van der Waals surface area contributed by atoms with Crippen LogP contribution in [0.4, 0.5) is 5.69 Å². The molecule has 0 aliphatic heterocycles. The number of methoxy groups -OCH3 is 1. The minimum atomic E-state index is -0.721. The maximum atomic E-state index is 12.3. The van der Waals surface area contributed by atoms with E-state index >= 15 is 0 Å². The average Bonchev–Trinajstić information content (AvgIpc) is 2.83. The van der Waals surface area contributed by atoms with Gasteiger partial charge < -0.3 is 9.47 Å². The Kier molecular flexibility index (Phi) is 8.55. The number of carbonyl (C=O) groups excluding carboxylic acids is 2. The van der Waals surface area contributed by atoms with Gasteiger partial charge in [-0.3, -0.25) is 14.9 Å². The van der Waals surface area contributed by atoms with Gasteiger partial charge >= 0.3 is 5.97 Å². The van der Waals surface area contributed by atoms with Crippen molar-refractivity contribution in [2.24, 2.45) is 5.10 Å². The molecule has 0 unspecified atom stereocenters. The number of nitro groups is 1. The van der Waals surface area contributed by atoms with Gasteiger partial charge in [-0.25, -0.2) is 10.2 Å². The first-order chi connectivity index (χ1) is 16.8. The van der Waals surface area contributed by atoms with Crippen LogP contribution in [0.2, 0.25) is 10.0 Å². The number of carbonyl (C=O) groups is 2. The SMILES string of the molecule is COc1ccc(/C=C/C(=O)Oc2ccc([N+](=O)[O-])cc2/C=N/NC(=O)c2ccc(Cl)cc2Cl)cc1. The number of hydrogen-bond acceptors (Lipinski definition) is 7. The van der Waals surface area contributed by atoms with E-state index in [-0.39, 0.29) is 27.6 Å². The normalized spacial score (nSPS) is 10.9. The summed E-state index contributed by atoms with van der Waals surface area (Å²) in [5.41, 5.74) is 2.96. The fourth-order valence-electron chi connectivity index (χ4n) is 2.76. The second-order valence-electron chi connectivity index (χ2n) is 6.83. The molecule has 1 amide bonds. The summed E-state index contributed by atoms with van der Waals surface area (Å²) in [6.07, 6.45) is 3.86. The molecule has 0 saturated carbocycles. The molecule has 0 saturated heterocycles. The summed E-state index contributed by atoms with van der Waals surface area (Å²) >= 11 is 11.8. The minimum Gasteiger partial charge on any atom is -0.497 e. The number of hydrogen-bond donors (Lipinski definition) is 1. The van der Waals surface area contributed by atoms with Crippen molar-refractivity contribution in [1.29, 1.82) is 0 Å². The Labute approximate surface area is 209 Å². The van der Waals surface area contributed by atoms with Crippen LogP contribution in [0.3, 0.4) is 0 Å². The minimum absolute atomic E-state index is 0.00232. The number of nitrogens with one attached hydrogen (secondary N) is 1. The lowest BCUT2D eigenvalue weighted by Gasteiger charge is -2.06. The highest BCUT2D eigenvalue weighted by Crippen LogP contribution is 2.24. The first kappa shape index (κ1) is 25.4. The van der Waals surface area contributed by atoms with Gasteiger partial charge in [-0.2, -0.15) is 5.10 Å². The van der Waals surface area contributed by atoms with E-state index in [4.69, 9.17) is 32.7 Å². The van der Waals surface area contributed by atoms with E-state index in [1.54, 1.807) is 31.4 Å². The number of halogens is 2. The Hall–Kier alpha value is -4.21. The molecule has 0 aromatic heterocycles. The molecule has 0 bridgehead atoms. The van der Waals surface area contributed by atoms with Crippen molar-refractivity contribution in [2.75, 3.05) is 7.11 Å². The van der Waals surface area contributed by atoms with Gasteiger partial charge in [0.1, 0.15) is 11.5 Å². The van der Waals surface area contributed by atoms with E-state index < -0.39 is 16.8 Å². The Morgan fingerprint density at radius 1 is 1.06 bits per heavy atom. The predicted octanol–water partition coefficient (Wildman–Crippen LogP) is 5.29. The summed E-state index contributed by atoms with van der Waals surface area (Å²) in [5.74, 6) is -0.678. The highest BCUT2D eigenvalue weighted by atomic mass is 35.5. The number of nitro benzene ring substituents is 1. The summed E-state index contributed by atoms with van der Waals surface area (Å²) in [4.78, 5) is 35.2. The van der Waals surface area contributed by atoms with Crippen molar-refractivity contribution >= 4 is 53.1 Å². The quantitative estimate of drug-likeness (QED) is 0.109. The second-order valence-corrected chi connectivity index (χ2v) is 7.67. The molecule has 0 aliphatic rings. The Balaban J connectivity index is 1.75. The van der Waals surface area contributed by atoms with E-state index in [1.807, 2.05) is 0 Å². The molecule has 3 rings (SSSR count). The lowest BCUT2D eigenvalue weighted by Crippen LogP contribution is -2.18. The van der Waals surface area contributed by atoms with Crippen molar-refractivity contribution in [3.8, 4) is 11.5 Å². The number of hydrazone groups is 1. The molecule has 0 atom stereocenters. The summed E-state index contributed by atoms with van der Waals surface area (Å²) < 4.78 is 10.4. The summed E-state index contributed by atoms with van der Waals surface area (Å²) in [6, 6.07) is 14.9. The van der Waals surface area contributed by atoms with E-state index in [1.165, 1.54) is 42.5 Å². The molecule has 0 heterocycles. The van der Waals surface area contributed by atoms with Gasteiger partial charge in [0.2, 0.25) is 0 Å². The Morgan fingerprint density at radius 2 is 1.80 bits per heavy atom. The van der Waals surface area contributed by atoms with E-state index in [0.29, 0.717) is 10.8 Å². The molecule has 11 heteroatoms. The van der Waals surface area contributed by atoms with Gasteiger partial charge in [0.25, 0.3) is 11.6 Å². The lowest BCUT2D eigenvalue weighted by atomic mass is 10.2. The fourth-order valence-corrected chi connectivity index (χ4v) is 3.25. The number of nitrogens with zero attached hydrogens (tertiary/aromatic N) is 2. The van der Waals surface area contributed by atoms with Crippen molar-refractivity contribution in [3.63, 3.8) is 0 Å². The van der Waals surface area contributed by atoms with E-state index in [9.17, 15) is 19.7 Å². The van der Waals surface area contributed by atoms with Gasteiger partial charge in [-0.15, -0.1) is 0 Å². The van der Waals surface area contributed by atoms with Crippen molar-refractivity contribution in [1.82, 2.24) is 5.43 Å². The Bertz CT molecular complexity index is 1320. The maximum absolute atomic E-state index is 12.3. The number of non-ortho nitro benzene ring substituents is 1. The zero-order chi connectivity index (χ0) is 25.4. The molecule has 0 fully saturated rings. The highest BCUT2D eigenvalue weighted by molar-refractivity contribution is 6.36. The van der Waals surface area contributed by atoms with Crippen LogP contribution in [0.25, 0.3) is 6.08 Å². The molecule has 0 spiro atoms. The molecule has 3 aromatic carbocycles. The molecule has 9 nitrogen and oxygen atoms in total. The van der Waals surface area contributed by atoms with Gasteiger partial charge in [0.05, 0.1) is 28.8 Å². The van der Waals surface area contributed by atoms with Crippen molar-refractivity contribution < 1.29 is 24.0 Å². The summed E-state index contributed by atoms with van der Waals surface area (Å²) in [6.45, 7) is 0. The smallest absolute Gasteiger partial charge is 0.336 e. The van der Waals surface area contributed by atoms with Crippen LogP contribution >= 0.6 is 23.2 Å². The standard InChI is InChI=1S/C24H17Cl2N3O6/c1-34-19-7-2-15(3-8-19)4-11-23(30)35-22-10-6-18(29(32)33)12-16(22)14-27-28-24(31)20-9-5-17(25)13-21(20)26/h2-14H,1H3,(H,28,31)/b11-4+,27-14+. The molecule has 1 N–H and O–H groups in total. The number of esters is 1. The average molecular weight is 514 g/mol. The number of rotatable bonds is 8. The van der Waals surface area contributed by atoms with Crippen LogP contribution in [0.15, 0.2) is 71.8 Å². The van der Waals surface area contributed by atoms with Gasteiger partial charge in [0.15, 0.2) is 0 Å². The van der Waals surface area contributed by atoms with Crippen molar-refractivity contribution in [3.05, 3.63) is 104 Å². The van der Waals surface area contributed by atoms with E-state index in [2.05, 4.69) is 10.5 Å². The summed E-state index contributed by atoms with van der Waals surface area (Å²) in [7, 11) is 1.55. The van der Waals surface area contributed by atoms with Gasteiger partial charge in [-0.1, -0.05) is 35.3 Å². The van der Waals surface area contributed by atoms with Crippen LogP contribution in [0.5, 0.6) is 11.5 Å². The van der Waals surface area contributed by atoms with Crippen LogP contribution < -0.4 is 14.9 Å². The molecule has 0 radical (unpaired) electrons. The van der Waals surface area contributed by atoms with Gasteiger partial charge in [-0.05, 0) is 48.0 Å². The highest BCUT2D eigenvalue weighted by Gasteiger charge is 2.14. The van der Waals surface area contributed by atoms with Crippen LogP contribution in [-0.4, -0.2) is 30.1 Å². The third kappa shape index (κ3) is 7.13. The monoisotopic (exact) mass is 513 g/mol. The van der Waals surface area contributed by atoms with Crippen LogP contribution in [0, 0.1) is 10.1 Å².